The van der Waals surface area contributed by atoms with Gasteiger partial charge in [0.2, 0.25) is 15.9 Å². The highest BCUT2D eigenvalue weighted by Crippen LogP contribution is 2.34. The molecule has 0 aromatic heterocycles. The maximum Gasteiger partial charge on any atom is 0.243 e. The summed E-state index contributed by atoms with van der Waals surface area (Å²) >= 11 is 1.77. The Morgan fingerprint density at radius 1 is 1.25 bits per heavy atom. The van der Waals surface area contributed by atoms with Gasteiger partial charge < -0.3 is 15.0 Å². The number of methoxy groups -OCH3 is 1. The standard InChI is InChI=1S/C19H23N3O4S2/c1-21(2)28(24,25)14-8-9-17(26-3)15(12-14)20-19(23)13-22-10-11-27-18-7-5-4-6-16(18)22/h4-9,12H,10-11,13H2,1-3H3,(H,20,23). The maximum atomic E-state index is 12.7. The second-order valence-corrected chi connectivity index (χ2v) is 9.72. The van der Waals surface area contributed by atoms with Crippen LogP contribution in [-0.2, 0) is 14.8 Å². The van der Waals surface area contributed by atoms with Gasteiger partial charge in [-0.05, 0) is 30.3 Å². The number of ether oxygens (including phenoxy) is 1. The molecule has 1 amide bonds. The topological polar surface area (TPSA) is 79.0 Å². The Kier molecular flexibility index (Phi) is 6.17. The van der Waals surface area contributed by atoms with Gasteiger partial charge in [-0.3, -0.25) is 4.79 Å². The zero-order valence-corrected chi connectivity index (χ0v) is 17.6. The summed E-state index contributed by atoms with van der Waals surface area (Å²) in [5, 5.41) is 2.80. The van der Waals surface area contributed by atoms with Crippen molar-refractivity contribution in [2.24, 2.45) is 0 Å². The largest absolute Gasteiger partial charge is 0.495 e. The number of hydrogen-bond acceptors (Lipinski definition) is 6. The first kappa shape index (κ1) is 20.5. The maximum absolute atomic E-state index is 12.7. The van der Waals surface area contributed by atoms with Crippen LogP contribution < -0.4 is 15.0 Å². The minimum absolute atomic E-state index is 0.0910. The van der Waals surface area contributed by atoms with Gasteiger partial charge in [0.15, 0.2) is 0 Å². The summed E-state index contributed by atoms with van der Waals surface area (Å²) < 4.78 is 31.2. The van der Waals surface area contributed by atoms with Gasteiger partial charge in [-0.1, -0.05) is 12.1 Å². The van der Waals surface area contributed by atoms with E-state index < -0.39 is 10.0 Å². The van der Waals surface area contributed by atoms with E-state index in [1.165, 1.54) is 33.3 Å². The highest BCUT2D eigenvalue weighted by atomic mass is 32.2. The molecule has 150 valence electrons. The van der Waals surface area contributed by atoms with E-state index in [4.69, 9.17) is 4.74 Å². The molecule has 0 aliphatic carbocycles. The lowest BCUT2D eigenvalue weighted by Gasteiger charge is -2.30. The minimum Gasteiger partial charge on any atom is -0.495 e. The number of benzene rings is 2. The fourth-order valence-corrected chi connectivity index (χ4v) is 4.89. The predicted molar refractivity (Wildman–Crippen MR) is 112 cm³/mol. The molecule has 9 heteroatoms. The molecule has 1 aliphatic rings. The minimum atomic E-state index is -3.61. The van der Waals surface area contributed by atoms with Gasteiger partial charge in [0.1, 0.15) is 5.75 Å². The number of carbonyl (C=O) groups is 1. The van der Waals surface area contributed by atoms with Gasteiger partial charge >= 0.3 is 0 Å². The smallest absolute Gasteiger partial charge is 0.243 e. The lowest BCUT2D eigenvalue weighted by molar-refractivity contribution is -0.115. The number of nitrogens with one attached hydrogen (secondary N) is 1. The van der Waals surface area contributed by atoms with Gasteiger partial charge in [0.25, 0.3) is 0 Å². The number of amides is 1. The zero-order valence-electron chi connectivity index (χ0n) is 16.0. The molecule has 1 heterocycles. The molecule has 1 aliphatic heterocycles. The number of carbonyl (C=O) groups excluding carboxylic acids is 1. The summed E-state index contributed by atoms with van der Waals surface area (Å²) in [5.41, 5.74) is 1.36. The normalized spacial score (nSPS) is 13.9. The van der Waals surface area contributed by atoms with Crippen LogP contribution in [0.3, 0.4) is 0 Å². The van der Waals surface area contributed by atoms with Gasteiger partial charge in [0, 0.05) is 31.3 Å². The van der Waals surface area contributed by atoms with Gasteiger partial charge in [-0.25, -0.2) is 12.7 Å². The number of para-hydroxylation sites is 1. The number of anilines is 2. The van der Waals surface area contributed by atoms with Crippen LogP contribution in [0.4, 0.5) is 11.4 Å². The third-order valence-corrected chi connectivity index (χ3v) is 7.24. The van der Waals surface area contributed by atoms with Crippen LogP contribution in [0, 0.1) is 0 Å². The highest BCUT2D eigenvalue weighted by Gasteiger charge is 2.22. The van der Waals surface area contributed by atoms with Crippen molar-refractivity contribution < 1.29 is 17.9 Å². The van der Waals surface area contributed by atoms with Crippen molar-refractivity contribution in [2.75, 3.05) is 50.3 Å². The fraction of sp³-hybridized carbons (Fsp3) is 0.316. The molecule has 1 N–H and O–H groups in total. The Bertz CT molecular complexity index is 977. The third-order valence-electron chi connectivity index (χ3n) is 4.38. The molecule has 2 aromatic carbocycles. The van der Waals surface area contributed by atoms with Crippen molar-refractivity contribution in [1.82, 2.24) is 4.31 Å². The Hall–Kier alpha value is -2.23. The molecule has 0 radical (unpaired) electrons. The van der Waals surface area contributed by atoms with Crippen LogP contribution in [0.25, 0.3) is 0 Å². The summed E-state index contributed by atoms with van der Waals surface area (Å²) in [7, 11) is 0.785. The summed E-state index contributed by atoms with van der Waals surface area (Å²) in [6, 6.07) is 12.4. The predicted octanol–water partition coefficient (Wildman–Crippen LogP) is 2.50. The second kappa shape index (κ2) is 8.42. The van der Waals surface area contributed by atoms with E-state index >= 15 is 0 Å². The number of fused-ring (bicyclic) bond motifs is 1. The average molecular weight is 422 g/mol. The molecule has 0 saturated heterocycles. The molecule has 0 saturated carbocycles. The summed E-state index contributed by atoms with van der Waals surface area (Å²) in [4.78, 5) is 15.9. The van der Waals surface area contributed by atoms with Gasteiger partial charge in [-0.15, -0.1) is 11.8 Å². The SMILES string of the molecule is COc1ccc(S(=O)(=O)N(C)C)cc1NC(=O)CN1CCSc2ccccc21. The van der Waals surface area contributed by atoms with Crippen molar-refractivity contribution in [3.05, 3.63) is 42.5 Å². The van der Waals surface area contributed by atoms with E-state index in [9.17, 15) is 13.2 Å². The molecule has 0 atom stereocenters. The molecule has 0 spiro atoms. The molecule has 28 heavy (non-hydrogen) atoms. The van der Waals surface area contributed by atoms with Crippen molar-refractivity contribution >= 4 is 39.1 Å². The molecule has 2 aromatic rings. The Balaban J connectivity index is 1.81. The Morgan fingerprint density at radius 3 is 2.71 bits per heavy atom. The lowest BCUT2D eigenvalue weighted by Crippen LogP contribution is -2.36. The fourth-order valence-electron chi connectivity index (χ4n) is 2.91. The average Bonchev–Trinajstić information content (AvgIpc) is 2.68. The zero-order chi connectivity index (χ0) is 20.3. The quantitative estimate of drug-likeness (QED) is 0.772. The van der Waals surface area contributed by atoms with Crippen molar-refractivity contribution in [1.29, 1.82) is 0 Å². The van der Waals surface area contributed by atoms with E-state index in [1.54, 1.807) is 17.8 Å². The number of sulfonamides is 1. The number of thioether (sulfide) groups is 1. The number of nitrogens with zero attached hydrogens (tertiary/aromatic N) is 2. The first-order valence-electron chi connectivity index (χ1n) is 8.70. The molecule has 0 fully saturated rings. The van der Waals surface area contributed by atoms with Crippen LogP contribution in [0.5, 0.6) is 5.75 Å². The van der Waals surface area contributed by atoms with Gasteiger partial charge in [0.05, 0.1) is 29.9 Å². The summed E-state index contributed by atoms with van der Waals surface area (Å²) in [5.74, 6) is 1.07. The second-order valence-electron chi connectivity index (χ2n) is 6.44. The molecule has 0 bridgehead atoms. The van der Waals surface area contributed by atoms with E-state index in [1.807, 2.05) is 29.2 Å². The van der Waals surface area contributed by atoms with Crippen LogP contribution >= 0.6 is 11.8 Å². The van der Waals surface area contributed by atoms with E-state index in [0.717, 1.165) is 27.2 Å². The Morgan fingerprint density at radius 2 is 2.00 bits per heavy atom. The summed E-state index contributed by atoms with van der Waals surface area (Å²) in [6.07, 6.45) is 0. The van der Waals surface area contributed by atoms with Crippen LogP contribution in [0.15, 0.2) is 52.3 Å². The van der Waals surface area contributed by atoms with E-state index in [0.29, 0.717) is 11.4 Å². The van der Waals surface area contributed by atoms with Crippen molar-refractivity contribution in [3.63, 3.8) is 0 Å². The highest BCUT2D eigenvalue weighted by molar-refractivity contribution is 7.99. The molecule has 3 rings (SSSR count). The molecular formula is C19H23N3O4S2. The van der Waals surface area contributed by atoms with E-state index in [-0.39, 0.29) is 17.3 Å². The van der Waals surface area contributed by atoms with Crippen molar-refractivity contribution in [3.8, 4) is 5.75 Å². The van der Waals surface area contributed by atoms with E-state index in [2.05, 4.69) is 5.32 Å². The van der Waals surface area contributed by atoms with Crippen LogP contribution in [0.1, 0.15) is 0 Å². The first-order valence-corrected chi connectivity index (χ1v) is 11.1. The summed E-state index contributed by atoms with van der Waals surface area (Å²) in [6.45, 7) is 0.937. The first-order chi connectivity index (χ1) is 13.3. The Labute approximate surface area is 169 Å². The molecular weight excluding hydrogens is 398 g/mol. The van der Waals surface area contributed by atoms with Crippen LogP contribution in [-0.4, -0.2) is 58.7 Å². The molecule has 0 unspecified atom stereocenters. The monoisotopic (exact) mass is 421 g/mol. The number of rotatable bonds is 6. The van der Waals surface area contributed by atoms with Crippen LogP contribution in [0.2, 0.25) is 0 Å². The molecule has 7 nitrogen and oxygen atoms in total. The van der Waals surface area contributed by atoms with Crippen molar-refractivity contribution in [2.45, 2.75) is 9.79 Å². The third kappa shape index (κ3) is 4.26. The number of hydrogen-bond donors (Lipinski definition) is 1. The lowest BCUT2D eigenvalue weighted by atomic mass is 10.2. The van der Waals surface area contributed by atoms with Gasteiger partial charge in [-0.2, -0.15) is 0 Å².